The van der Waals surface area contributed by atoms with Crippen molar-refractivity contribution in [3.8, 4) is 0 Å². The molecule has 0 spiro atoms. The Bertz CT molecular complexity index is 495. The molecule has 1 aliphatic heterocycles. The summed E-state index contributed by atoms with van der Waals surface area (Å²) in [5.74, 6) is 0.616. The summed E-state index contributed by atoms with van der Waals surface area (Å²) in [7, 11) is 1.62. The summed E-state index contributed by atoms with van der Waals surface area (Å²) in [5, 5.41) is 13.8. The molecule has 0 bridgehead atoms. The third-order valence-electron chi connectivity index (χ3n) is 3.22. The number of thiazole rings is 1. The summed E-state index contributed by atoms with van der Waals surface area (Å²) in [5.41, 5.74) is -0.861. The van der Waals surface area contributed by atoms with Crippen LogP contribution < -0.4 is 5.32 Å². The Morgan fingerprint density at radius 2 is 2.19 bits per heavy atom. The number of hydrogen-bond acceptors (Lipinski definition) is 4. The van der Waals surface area contributed by atoms with E-state index in [2.05, 4.69) is 15.3 Å². The highest BCUT2D eigenvalue weighted by atomic mass is 32.1. The van der Waals surface area contributed by atoms with Gasteiger partial charge in [-0.2, -0.15) is 13.2 Å². The van der Waals surface area contributed by atoms with Crippen LogP contribution in [0.2, 0.25) is 0 Å². The molecule has 118 valence electrons. The molecule has 2 heterocycles. The van der Waals surface area contributed by atoms with Gasteiger partial charge in [0.05, 0.1) is 12.6 Å². The maximum absolute atomic E-state index is 12.5. The van der Waals surface area contributed by atoms with Crippen LogP contribution in [0.25, 0.3) is 0 Å². The Morgan fingerprint density at radius 1 is 1.52 bits per heavy atom. The van der Waals surface area contributed by atoms with Crippen molar-refractivity contribution in [1.82, 2.24) is 15.2 Å². The first-order valence-corrected chi connectivity index (χ1v) is 7.43. The molecule has 21 heavy (non-hydrogen) atoms. The molecule has 1 fully saturated rings. The van der Waals surface area contributed by atoms with Crippen LogP contribution in [0.1, 0.15) is 23.5 Å². The smallest absolute Gasteiger partial charge is 0.393 e. The van der Waals surface area contributed by atoms with Gasteiger partial charge in [-0.3, -0.25) is 4.99 Å². The summed E-state index contributed by atoms with van der Waals surface area (Å²) < 4.78 is 37.4. The highest BCUT2D eigenvalue weighted by Crippen LogP contribution is 2.29. The Hall–Kier alpha value is -1.35. The normalized spacial score (nSPS) is 18.1. The average Bonchev–Trinajstić information content (AvgIpc) is 2.90. The van der Waals surface area contributed by atoms with Gasteiger partial charge in [-0.05, 0) is 12.8 Å². The number of piperidine rings is 1. The van der Waals surface area contributed by atoms with Gasteiger partial charge in [0.25, 0.3) is 0 Å². The van der Waals surface area contributed by atoms with Crippen molar-refractivity contribution in [1.29, 1.82) is 0 Å². The minimum Gasteiger partial charge on any atom is -0.393 e. The van der Waals surface area contributed by atoms with E-state index in [1.165, 1.54) is 0 Å². The van der Waals surface area contributed by atoms with E-state index in [-0.39, 0.29) is 12.6 Å². The Kier molecular flexibility index (Phi) is 5.04. The van der Waals surface area contributed by atoms with Gasteiger partial charge in [0.2, 0.25) is 0 Å². The molecular formula is C12H17F3N4OS. The van der Waals surface area contributed by atoms with E-state index in [1.807, 2.05) is 4.90 Å². The number of aliphatic imine (C=N–C) groups is 1. The lowest BCUT2D eigenvalue weighted by atomic mass is 10.1. The summed E-state index contributed by atoms with van der Waals surface area (Å²) in [6, 6.07) is 0. The second-order valence-corrected chi connectivity index (χ2v) is 5.69. The molecular weight excluding hydrogens is 305 g/mol. The fourth-order valence-electron chi connectivity index (χ4n) is 2.09. The first kappa shape index (κ1) is 16.0. The SMILES string of the molecule is CN=C(NCc1nc(C(F)(F)F)cs1)N1CCC(O)CC1. The predicted molar refractivity (Wildman–Crippen MR) is 74.1 cm³/mol. The number of aliphatic hydroxyl groups is 1. The molecule has 0 atom stereocenters. The summed E-state index contributed by atoms with van der Waals surface area (Å²) in [6.07, 6.45) is -3.36. The molecule has 1 aromatic rings. The molecule has 0 aromatic carbocycles. The van der Waals surface area contributed by atoms with Crippen LogP contribution in [0.3, 0.4) is 0 Å². The van der Waals surface area contributed by atoms with Crippen molar-refractivity contribution in [3.63, 3.8) is 0 Å². The van der Waals surface area contributed by atoms with E-state index in [1.54, 1.807) is 7.05 Å². The zero-order valence-corrected chi connectivity index (χ0v) is 12.3. The van der Waals surface area contributed by atoms with Gasteiger partial charge in [0.1, 0.15) is 5.01 Å². The highest BCUT2D eigenvalue weighted by molar-refractivity contribution is 7.09. The number of alkyl halides is 3. The fourth-order valence-corrected chi connectivity index (χ4v) is 2.83. The molecule has 0 unspecified atom stereocenters. The maximum Gasteiger partial charge on any atom is 0.434 e. The zero-order valence-electron chi connectivity index (χ0n) is 11.5. The maximum atomic E-state index is 12.5. The Labute approximate surface area is 124 Å². The first-order valence-electron chi connectivity index (χ1n) is 6.55. The molecule has 1 aliphatic rings. The second kappa shape index (κ2) is 6.61. The molecule has 0 amide bonds. The van der Waals surface area contributed by atoms with Crippen molar-refractivity contribution in [3.05, 3.63) is 16.1 Å². The second-order valence-electron chi connectivity index (χ2n) is 4.74. The molecule has 9 heteroatoms. The number of guanidine groups is 1. The number of hydrogen-bond donors (Lipinski definition) is 2. The van der Waals surface area contributed by atoms with Gasteiger partial charge in [-0.25, -0.2) is 4.98 Å². The van der Waals surface area contributed by atoms with E-state index in [9.17, 15) is 18.3 Å². The number of aromatic nitrogens is 1. The first-order chi connectivity index (χ1) is 9.90. The van der Waals surface area contributed by atoms with Gasteiger partial charge >= 0.3 is 6.18 Å². The van der Waals surface area contributed by atoms with E-state index in [4.69, 9.17) is 0 Å². The van der Waals surface area contributed by atoms with Crippen LogP contribution in [0.4, 0.5) is 13.2 Å². The Morgan fingerprint density at radius 3 is 2.71 bits per heavy atom. The molecule has 0 aliphatic carbocycles. The largest absolute Gasteiger partial charge is 0.434 e. The van der Waals surface area contributed by atoms with Gasteiger partial charge < -0.3 is 15.3 Å². The molecule has 5 nitrogen and oxygen atoms in total. The molecule has 0 saturated carbocycles. The molecule has 1 aromatic heterocycles. The minimum absolute atomic E-state index is 0.201. The summed E-state index contributed by atoms with van der Waals surface area (Å²) in [4.78, 5) is 9.65. The number of rotatable bonds is 2. The predicted octanol–water partition coefficient (Wildman–Crippen LogP) is 1.69. The van der Waals surface area contributed by atoms with Crippen LogP contribution in [-0.2, 0) is 12.7 Å². The minimum atomic E-state index is -4.40. The standard InChI is InChI=1S/C12H17F3N4OS/c1-16-11(19-4-2-8(20)3-5-19)17-6-10-18-9(7-21-10)12(13,14)15/h7-8,20H,2-6H2,1H3,(H,16,17). The molecule has 1 saturated heterocycles. The number of aliphatic hydroxyl groups excluding tert-OH is 1. The van der Waals surface area contributed by atoms with E-state index < -0.39 is 11.9 Å². The number of nitrogens with zero attached hydrogens (tertiary/aromatic N) is 3. The van der Waals surface area contributed by atoms with Crippen molar-refractivity contribution < 1.29 is 18.3 Å². The van der Waals surface area contributed by atoms with Crippen LogP contribution in [0.15, 0.2) is 10.4 Å². The van der Waals surface area contributed by atoms with Crippen molar-refractivity contribution in [2.24, 2.45) is 4.99 Å². The van der Waals surface area contributed by atoms with Crippen LogP contribution >= 0.6 is 11.3 Å². The number of nitrogens with one attached hydrogen (secondary N) is 1. The Balaban J connectivity index is 1.90. The van der Waals surface area contributed by atoms with Gasteiger partial charge in [0.15, 0.2) is 11.7 Å². The lowest BCUT2D eigenvalue weighted by Gasteiger charge is -2.32. The summed E-state index contributed by atoms with van der Waals surface area (Å²) in [6.45, 7) is 1.55. The lowest BCUT2D eigenvalue weighted by molar-refractivity contribution is -0.140. The third kappa shape index (κ3) is 4.31. The van der Waals surface area contributed by atoms with Crippen LogP contribution in [-0.4, -0.2) is 47.2 Å². The lowest BCUT2D eigenvalue weighted by Crippen LogP contribution is -2.46. The summed E-state index contributed by atoms with van der Waals surface area (Å²) >= 11 is 0.969. The fraction of sp³-hybridized carbons (Fsp3) is 0.667. The van der Waals surface area contributed by atoms with Gasteiger partial charge in [0, 0.05) is 25.5 Å². The van der Waals surface area contributed by atoms with Gasteiger partial charge in [-0.1, -0.05) is 0 Å². The monoisotopic (exact) mass is 322 g/mol. The quantitative estimate of drug-likeness (QED) is 0.643. The number of likely N-dealkylation sites (tertiary alicyclic amines) is 1. The van der Waals surface area contributed by atoms with Crippen molar-refractivity contribution in [2.75, 3.05) is 20.1 Å². The average molecular weight is 322 g/mol. The van der Waals surface area contributed by atoms with Crippen LogP contribution in [0.5, 0.6) is 0 Å². The zero-order chi connectivity index (χ0) is 15.5. The number of halogens is 3. The molecule has 0 radical (unpaired) electrons. The topological polar surface area (TPSA) is 60.8 Å². The van der Waals surface area contributed by atoms with E-state index >= 15 is 0 Å². The molecule has 2 rings (SSSR count). The van der Waals surface area contributed by atoms with Crippen molar-refractivity contribution in [2.45, 2.75) is 31.7 Å². The van der Waals surface area contributed by atoms with Crippen LogP contribution in [0, 0.1) is 0 Å². The highest BCUT2D eigenvalue weighted by Gasteiger charge is 2.33. The van der Waals surface area contributed by atoms with Crippen molar-refractivity contribution >= 4 is 17.3 Å². The molecule has 2 N–H and O–H groups in total. The van der Waals surface area contributed by atoms with E-state index in [0.29, 0.717) is 36.9 Å². The van der Waals surface area contributed by atoms with Gasteiger partial charge in [-0.15, -0.1) is 11.3 Å². The third-order valence-corrected chi connectivity index (χ3v) is 4.06. The van der Waals surface area contributed by atoms with E-state index in [0.717, 1.165) is 16.7 Å².